The first-order chi connectivity index (χ1) is 18.8. The van der Waals surface area contributed by atoms with Crippen molar-refractivity contribution in [3.63, 3.8) is 0 Å². The minimum absolute atomic E-state index is 0.189. The molecule has 202 valence electrons. The largest absolute Gasteiger partial charge is 0.497 e. The first kappa shape index (κ1) is 26.6. The number of hydrogen-bond donors (Lipinski definition) is 0. The highest BCUT2D eigenvalue weighted by Gasteiger charge is 2.37. The van der Waals surface area contributed by atoms with Crippen molar-refractivity contribution in [1.82, 2.24) is 4.57 Å². The van der Waals surface area contributed by atoms with E-state index in [-0.39, 0.29) is 17.6 Å². The minimum atomic E-state index is -0.768. The van der Waals surface area contributed by atoms with Gasteiger partial charge in [0.05, 0.1) is 41.8 Å². The van der Waals surface area contributed by atoms with Crippen LogP contribution >= 0.6 is 11.3 Å². The van der Waals surface area contributed by atoms with Crippen LogP contribution in [0, 0.1) is 0 Å². The lowest BCUT2D eigenvalue weighted by Gasteiger charge is -2.25. The van der Waals surface area contributed by atoms with Crippen LogP contribution in [0.15, 0.2) is 69.6 Å². The van der Waals surface area contributed by atoms with Crippen molar-refractivity contribution in [3.8, 4) is 5.75 Å². The molecule has 0 saturated carbocycles. The van der Waals surface area contributed by atoms with Crippen molar-refractivity contribution < 1.29 is 19.1 Å². The molecular formula is C30H31N3O5S. The molecule has 0 bridgehead atoms. The number of anilines is 1. The van der Waals surface area contributed by atoms with Crippen LogP contribution in [-0.4, -0.2) is 36.2 Å². The fourth-order valence-electron chi connectivity index (χ4n) is 5.05. The van der Waals surface area contributed by atoms with Crippen LogP contribution in [0.2, 0.25) is 0 Å². The molecule has 2 aliphatic heterocycles. The van der Waals surface area contributed by atoms with Gasteiger partial charge in [-0.25, -0.2) is 9.79 Å². The molecule has 3 aromatic rings. The topological polar surface area (TPSA) is 90.2 Å². The van der Waals surface area contributed by atoms with Gasteiger partial charge >= 0.3 is 5.97 Å². The predicted octanol–water partition coefficient (Wildman–Crippen LogP) is 3.71. The maximum absolute atomic E-state index is 14.2. The number of para-hydroxylation sites is 1. The molecular weight excluding hydrogens is 514 g/mol. The highest BCUT2D eigenvalue weighted by molar-refractivity contribution is 7.07. The summed E-state index contributed by atoms with van der Waals surface area (Å²) < 4.78 is 12.7. The van der Waals surface area contributed by atoms with Gasteiger partial charge in [-0.05, 0) is 51.0 Å². The van der Waals surface area contributed by atoms with Crippen LogP contribution in [0.25, 0.3) is 5.57 Å². The zero-order valence-electron chi connectivity index (χ0n) is 22.7. The van der Waals surface area contributed by atoms with Gasteiger partial charge in [-0.3, -0.25) is 14.2 Å². The second kappa shape index (κ2) is 10.6. The standard InChI is InChI=1S/C30H31N3O5S/c1-6-7-16-32-22-11-9-8-10-21(22)24(27(32)34)26-28(35)33-25(19-12-14-20(37-5)15-13-19)23(29(36)38-17(2)3)18(4)31-30(33)39-26/h8-15,17,25H,6-7,16H2,1-5H3/b26-24-. The van der Waals surface area contributed by atoms with E-state index >= 15 is 0 Å². The lowest BCUT2D eigenvalue weighted by atomic mass is 9.95. The fourth-order valence-corrected chi connectivity index (χ4v) is 6.19. The lowest BCUT2D eigenvalue weighted by molar-refractivity contribution is -0.143. The number of methoxy groups -OCH3 is 1. The predicted molar refractivity (Wildman–Crippen MR) is 151 cm³/mol. The maximum atomic E-state index is 14.2. The van der Waals surface area contributed by atoms with Crippen molar-refractivity contribution in [3.05, 3.63) is 90.6 Å². The molecule has 9 heteroatoms. The van der Waals surface area contributed by atoms with Crippen LogP contribution in [0.5, 0.6) is 5.75 Å². The van der Waals surface area contributed by atoms with Crippen molar-refractivity contribution in [2.75, 3.05) is 18.6 Å². The van der Waals surface area contributed by atoms with E-state index in [9.17, 15) is 14.4 Å². The quantitative estimate of drug-likeness (QED) is 0.422. The number of benzene rings is 2. The molecule has 1 aromatic heterocycles. The first-order valence-corrected chi connectivity index (χ1v) is 13.9. The van der Waals surface area contributed by atoms with Gasteiger partial charge in [-0.2, -0.15) is 0 Å². The third-order valence-electron chi connectivity index (χ3n) is 6.88. The summed E-state index contributed by atoms with van der Waals surface area (Å²) in [7, 11) is 1.58. The van der Waals surface area contributed by atoms with Crippen LogP contribution in [0.3, 0.4) is 0 Å². The molecule has 0 N–H and O–H groups in total. The van der Waals surface area contributed by atoms with E-state index in [0.717, 1.165) is 24.1 Å². The normalized spacial score (nSPS) is 17.7. The van der Waals surface area contributed by atoms with Gasteiger partial charge in [0, 0.05) is 12.1 Å². The molecule has 3 heterocycles. The zero-order valence-corrected chi connectivity index (χ0v) is 23.5. The van der Waals surface area contributed by atoms with Gasteiger partial charge < -0.3 is 14.4 Å². The number of carbonyl (C=O) groups is 2. The Hall–Kier alpha value is -3.98. The van der Waals surface area contributed by atoms with Crippen LogP contribution in [0.4, 0.5) is 5.69 Å². The number of esters is 1. The van der Waals surface area contributed by atoms with Crippen molar-refractivity contribution in [2.45, 2.75) is 52.7 Å². The minimum Gasteiger partial charge on any atom is -0.497 e. The lowest BCUT2D eigenvalue weighted by Crippen LogP contribution is -2.41. The average molecular weight is 546 g/mol. The molecule has 0 spiro atoms. The summed E-state index contributed by atoms with van der Waals surface area (Å²) in [6, 6.07) is 14.0. The van der Waals surface area contributed by atoms with Crippen molar-refractivity contribution in [1.29, 1.82) is 0 Å². The second-order valence-corrected chi connectivity index (χ2v) is 10.8. The number of unbranched alkanes of at least 4 members (excludes halogenated alkanes) is 1. The molecule has 0 saturated heterocycles. The Balaban J connectivity index is 1.76. The fraction of sp³-hybridized carbons (Fsp3) is 0.333. The third-order valence-corrected chi connectivity index (χ3v) is 7.93. The first-order valence-electron chi connectivity index (χ1n) is 13.1. The van der Waals surface area contributed by atoms with Gasteiger partial charge in [0.15, 0.2) is 4.80 Å². The van der Waals surface area contributed by atoms with E-state index in [1.165, 1.54) is 15.9 Å². The van der Waals surface area contributed by atoms with E-state index in [0.29, 0.717) is 44.0 Å². The number of aromatic nitrogens is 1. The Morgan fingerprint density at radius 2 is 1.82 bits per heavy atom. The Morgan fingerprint density at radius 1 is 1.10 bits per heavy atom. The summed E-state index contributed by atoms with van der Waals surface area (Å²) in [4.78, 5) is 48.1. The molecule has 1 amide bonds. The molecule has 0 radical (unpaired) electrons. The molecule has 1 atom stereocenters. The maximum Gasteiger partial charge on any atom is 0.338 e. The van der Waals surface area contributed by atoms with Crippen molar-refractivity contribution >= 4 is 34.5 Å². The monoisotopic (exact) mass is 545 g/mol. The van der Waals surface area contributed by atoms with Gasteiger partial charge in [0.1, 0.15) is 10.3 Å². The Morgan fingerprint density at radius 3 is 2.49 bits per heavy atom. The summed E-state index contributed by atoms with van der Waals surface area (Å²) in [5.41, 5.74) is 3.04. The molecule has 2 aromatic carbocycles. The number of thiazole rings is 1. The van der Waals surface area contributed by atoms with Crippen molar-refractivity contribution in [2.24, 2.45) is 4.99 Å². The third kappa shape index (κ3) is 4.61. The van der Waals surface area contributed by atoms with E-state index in [2.05, 4.69) is 11.9 Å². The van der Waals surface area contributed by atoms with Crippen LogP contribution < -0.4 is 24.5 Å². The number of allylic oxidation sites excluding steroid dienone is 1. The molecule has 5 rings (SSSR count). The van der Waals surface area contributed by atoms with Crippen LogP contribution in [-0.2, 0) is 14.3 Å². The summed E-state index contributed by atoms with van der Waals surface area (Å²) in [5.74, 6) is -0.0650. The smallest absolute Gasteiger partial charge is 0.338 e. The second-order valence-electron chi connectivity index (χ2n) is 9.83. The SMILES string of the molecule is CCCCN1C(=O)/C(=c2\sc3n(c2=O)C(c2ccc(OC)cc2)C(C(=O)OC(C)C)=C(C)N=3)c2ccccc21. The Kier molecular flexibility index (Phi) is 7.27. The zero-order chi connectivity index (χ0) is 27.8. The molecule has 0 fully saturated rings. The number of ether oxygens (including phenoxy) is 2. The molecule has 39 heavy (non-hydrogen) atoms. The molecule has 1 unspecified atom stereocenters. The molecule has 2 aliphatic rings. The Labute approximate surface area is 230 Å². The summed E-state index contributed by atoms with van der Waals surface area (Å²) in [6.07, 6.45) is 1.45. The summed E-state index contributed by atoms with van der Waals surface area (Å²) in [6.45, 7) is 7.96. The number of rotatable bonds is 7. The molecule has 8 nitrogen and oxygen atoms in total. The van der Waals surface area contributed by atoms with Gasteiger partial charge in [-0.1, -0.05) is 55.0 Å². The highest BCUT2D eigenvalue weighted by atomic mass is 32.1. The number of amides is 1. The van der Waals surface area contributed by atoms with Gasteiger partial charge in [-0.15, -0.1) is 0 Å². The number of fused-ring (bicyclic) bond motifs is 2. The number of hydrogen-bond acceptors (Lipinski definition) is 7. The number of nitrogens with zero attached hydrogens (tertiary/aromatic N) is 3. The van der Waals surface area contributed by atoms with E-state index in [1.54, 1.807) is 44.9 Å². The van der Waals surface area contributed by atoms with E-state index in [4.69, 9.17) is 9.47 Å². The summed E-state index contributed by atoms with van der Waals surface area (Å²) >= 11 is 1.18. The van der Waals surface area contributed by atoms with Gasteiger partial charge in [0.25, 0.3) is 11.5 Å². The van der Waals surface area contributed by atoms with Gasteiger partial charge in [0.2, 0.25) is 0 Å². The average Bonchev–Trinajstić information content (AvgIpc) is 3.38. The Bertz CT molecular complexity index is 1660. The van der Waals surface area contributed by atoms with E-state index < -0.39 is 12.0 Å². The molecule has 0 aliphatic carbocycles. The summed E-state index contributed by atoms with van der Waals surface area (Å²) in [5, 5.41) is 0. The van der Waals surface area contributed by atoms with E-state index in [1.807, 2.05) is 36.4 Å². The highest BCUT2D eigenvalue weighted by Crippen LogP contribution is 2.36. The number of carbonyl (C=O) groups excluding carboxylic acids is 2. The van der Waals surface area contributed by atoms with Crippen LogP contribution in [0.1, 0.15) is 57.7 Å².